The minimum Gasteiger partial charge on any atom is -0.505 e. The quantitative estimate of drug-likeness (QED) is 0.702. The molecule has 3 N–H and O–H groups in total. The van der Waals surface area contributed by atoms with Crippen molar-refractivity contribution < 1.29 is 15.0 Å². The number of amides is 1. The Labute approximate surface area is 94.1 Å². The maximum absolute atomic E-state index is 11.6. The first kappa shape index (κ1) is 12.4. The fourth-order valence-electron chi connectivity index (χ4n) is 1.43. The van der Waals surface area contributed by atoms with E-state index in [2.05, 4.69) is 10.3 Å². The van der Waals surface area contributed by atoms with Gasteiger partial charge in [0.25, 0.3) is 5.91 Å². The third kappa shape index (κ3) is 3.51. The number of carbonyl (C=O) groups excluding carboxylic acids is 1. The summed E-state index contributed by atoms with van der Waals surface area (Å²) in [4.78, 5) is 15.4. The fourth-order valence-corrected chi connectivity index (χ4v) is 1.43. The van der Waals surface area contributed by atoms with Crippen LogP contribution in [0, 0.1) is 0 Å². The molecule has 0 fully saturated rings. The minimum atomic E-state index is -0.479. The number of nitrogens with zero attached hydrogens (tertiary/aromatic N) is 1. The standard InChI is InChI=1S/C11H16N2O3/c1-7(6-8(2)14)13-11(16)10-9(15)4-3-5-12-10/h3-5,7-8,14-15H,6H2,1-2H3,(H,13,16). The van der Waals surface area contributed by atoms with Gasteiger partial charge in [0.1, 0.15) is 5.75 Å². The molecule has 0 saturated heterocycles. The van der Waals surface area contributed by atoms with Gasteiger partial charge in [-0.25, -0.2) is 4.98 Å². The van der Waals surface area contributed by atoms with Crippen molar-refractivity contribution in [2.75, 3.05) is 0 Å². The summed E-state index contributed by atoms with van der Waals surface area (Å²) in [6.07, 6.45) is 1.42. The zero-order chi connectivity index (χ0) is 12.1. The number of hydrogen-bond donors (Lipinski definition) is 3. The smallest absolute Gasteiger partial charge is 0.273 e. The van der Waals surface area contributed by atoms with Gasteiger partial charge in [-0.1, -0.05) is 0 Å². The summed E-state index contributed by atoms with van der Waals surface area (Å²) < 4.78 is 0. The van der Waals surface area contributed by atoms with Crippen LogP contribution in [0.3, 0.4) is 0 Å². The SMILES string of the molecule is CC(O)CC(C)NC(=O)c1ncccc1O. The van der Waals surface area contributed by atoms with Crippen molar-refractivity contribution >= 4 is 5.91 Å². The third-order valence-electron chi connectivity index (χ3n) is 2.07. The van der Waals surface area contributed by atoms with Gasteiger partial charge in [-0.05, 0) is 32.4 Å². The molecule has 0 bridgehead atoms. The van der Waals surface area contributed by atoms with E-state index in [1.165, 1.54) is 12.3 Å². The average molecular weight is 224 g/mol. The number of pyridine rings is 1. The number of carbonyl (C=O) groups is 1. The van der Waals surface area contributed by atoms with Crippen LogP contribution in [0.1, 0.15) is 30.8 Å². The topological polar surface area (TPSA) is 82.5 Å². The highest BCUT2D eigenvalue weighted by Crippen LogP contribution is 2.12. The van der Waals surface area contributed by atoms with Crippen LogP contribution in [0.5, 0.6) is 5.75 Å². The predicted octanol–water partition coefficient (Wildman–Crippen LogP) is 0.676. The van der Waals surface area contributed by atoms with Crippen molar-refractivity contribution in [3.05, 3.63) is 24.0 Å². The highest BCUT2D eigenvalue weighted by Gasteiger charge is 2.15. The first-order valence-corrected chi connectivity index (χ1v) is 5.13. The lowest BCUT2D eigenvalue weighted by Crippen LogP contribution is -2.35. The number of aliphatic hydroxyl groups is 1. The van der Waals surface area contributed by atoms with Crippen LogP contribution in [-0.2, 0) is 0 Å². The van der Waals surface area contributed by atoms with Gasteiger partial charge in [-0.3, -0.25) is 4.79 Å². The molecule has 2 unspecified atom stereocenters. The van der Waals surface area contributed by atoms with Crippen molar-refractivity contribution in [3.63, 3.8) is 0 Å². The molecule has 5 heteroatoms. The Morgan fingerprint density at radius 3 is 2.81 bits per heavy atom. The van der Waals surface area contributed by atoms with Crippen molar-refractivity contribution in [2.24, 2.45) is 0 Å². The molecule has 1 aromatic rings. The summed E-state index contributed by atoms with van der Waals surface area (Å²) in [7, 11) is 0. The lowest BCUT2D eigenvalue weighted by molar-refractivity contribution is 0.0915. The summed E-state index contributed by atoms with van der Waals surface area (Å²) in [5.41, 5.74) is -0.0000529. The Balaban J connectivity index is 2.63. The van der Waals surface area contributed by atoms with Gasteiger partial charge in [0.05, 0.1) is 6.10 Å². The van der Waals surface area contributed by atoms with E-state index in [0.717, 1.165) is 0 Å². The van der Waals surface area contributed by atoms with Crippen molar-refractivity contribution in [3.8, 4) is 5.75 Å². The van der Waals surface area contributed by atoms with Gasteiger partial charge < -0.3 is 15.5 Å². The molecule has 0 aliphatic carbocycles. The first-order valence-electron chi connectivity index (χ1n) is 5.13. The van der Waals surface area contributed by atoms with E-state index in [1.54, 1.807) is 19.9 Å². The fraction of sp³-hybridized carbons (Fsp3) is 0.455. The molecule has 0 spiro atoms. The van der Waals surface area contributed by atoms with Gasteiger partial charge in [0.2, 0.25) is 0 Å². The second-order valence-electron chi connectivity index (χ2n) is 3.83. The van der Waals surface area contributed by atoms with Crippen molar-refractivity contribution in [1.82, 2.24) is 10.3 Å². The number of hydrogen-bond acceptors (Lipinski definition) is 4. The monoisotopic (exact) mass is 224 g/mol. The van der Waals surface area contributed by atoms with E-state index in [0.29, 0.717) is 6.42 Å². The summed E-state index contributed by atoms with van der Waals surface area (Å²) in [6, 6.07) is 2.78. The van der Waals surface area contributed by atoms with Crippen LogP contribution < -0.4 is 5.32 Å². The lowest BCUT2D eigenvalue weighted by atomic mass is 10.1. The molecule has 1 aromatic heterocycles. The van der Waals surface area contributed by atoms with Crippen LogP contribution in [-0.4, -0.2) is 33.3 Å². The molecule has 2 atom stereocenters. The van der Waals surface area contributed by atoms with Crippen LogP contribution in [0.15, 0.2) is 18.3 Å². The van der Waals surface area contributed by atoms with Crippen LogP contribution in [0.4, 0.5) is 0 Å². The number of rotatable bonds is 4. The largest absolute Gasteiger partial charge is 0.505 e. The Morgan fingerprint density at radius 1 is 1.56 bits per heavy atom. The Kier molecular flexibility index (Phi) is 4.25. The number of nitrogens with one attached hydrogen (secondary N) is 1. The summed E-state index contributed by atoms with van der Waals surface area (Å²) >= 11 is 0. The zero-order valence-corrected chi connectivity index (χ0v) is 9.34. The zero-order valence-electron chi connectivity index (χ0n) is 9.34. The second kappa shape index (κ2) is 5.46. The molecule has 5 nitrogen and oxygen atoms in total. The third-order valence-corrected chi connectivity index (χ3v) is 2.07. The first-order chi connectivity index (χ1) is 7.50. The van der Waals surface area contributed by atoms with E-state index in [1.807, 2.05) is 0 Å². The molecule has 1 rings (SSSR count). The predicted molar refractivity (Wildman–Crippen MR) is 59.1 cm³/mol. The van der Waals surface area contributed by atoms with Gasteiger partial charge in [-0.2, -0.15) is 0 Å². The van der Waals surface area contributed by atoms with Crippen molar-refractivity contribution in [1.29, 1.82) is 0 Å². The molecule has 1 amide bonds. The van der Waals surface area contributed by atoms with E-state index in [4.69, 9.17) is 5.11 Å². The molecule has 0 saturated carbocycles. The normalized spacial score (nSPS) is 14.2. The molecular weight excluding hydrogens is 208 g/mol. The lowest BCUT2D eigenvalue weighted by Gasteiger charge is -2.15. The van der Waals surface area contributed by atoms with Crippen LogP contribution >= 0.6 is 0 Å². The van der Waals surface area contributed by atoms with Crippen molar-refractivity contribution in [2.45, 2.75) is 32.4 Å². The summed E-state index contributed by atoms with van der Waals surface area (Å²) in [6.45, 7) is 3.44. The minimum absolute atomic E-state index is 0.0000529. The number of aromatic nitrogens is 1. The Hall–Kier alpha value is -1.62. The number of aromatic hydroxyl groups is 1. The van der Waals surface area contributed by atoms with E-state index < -0.39 is 12.0 Å². The van der Waals surface area contributed by atoms with Crippen LogP contribution in [0.25, 0.3) is 0 Å². The molecule has 0 aromatic carbocycles. The maximum Gasteiger partial charge on any atom is 0.273 e. The van der Waals surface area contributed by atoms with E-state index in [9.17, 15) is 9.90 Å². The Morgan fingerprint density at radius 2 is 2.25 bits per heavy atom. The van der Waals surface area contributed by atoms with Gasteiger partial charge >= 0.3 is 0 Å². The highest BCUT2D eigenvalue weighted by atomic mass is 16.3. The van der Waals surface area contributed by atoms with Gasteiger partial charge in [-0.15, -0.1) is 0 Å². The molecule has 0 aliphatic heterocycles. The van der Waals surface area contributed by atoms with Crippen LogP contribution in [0.2, 0.25) is 0 Å². The highest BCUT2D eigenvalue weighted by molar-refractivity contribution is 5.94. The molecule has 0 radical (unpaired) electrons. The van der Waals surface area contributed by atoms with E-state index >= 15 is 0 Å². The molecule has 0 aliphatic rings. The van der Waals surface area contributed by atoms with Gasteiger partial charge in [0, 0.05) is 12.2 Å². The van der Waals surface area contributed by atoms with E-state index in [-0.39, 0.29) is 17.5 Å². The summed E-state index contributed by atoms with van der Waals surface area (Å²) in [5, 5.41) is 21.2. The average Bonchev–Trinajstić information content (AvgIpc) is 2.16. The molecular formula is C11H16N2O3. The van der Waals surface area contributed by atoms with Gasteiger partial charge in [0.15, 0.2) is 5.69 Å². The number of aliphatic hydroxyl groups excluding tert-OH is 1. The summed E-state index contributed by atoms with van der Waals surface area (Å²) in [5.74, 6) is -0.588. The second-order valence-corrected chi connectivity index (χ2v) is 3.83. The maximum atomic E-state index is 11.6. The molecule has 88 valence electrons. The Bertz CT molecular complexity index is 366. The molecule has 16 heavy (non-hydrogen) atoms. The molecule has 1 heterocycles.